The van der Waals surface area contributed by atoms with Crippen LogP contribution in [0.15, 0.2) is 60.7 Å². The summed E-state index contributed by atoms with van der Waals surface area (Å²) in [5, 5.41) is 0. The van der Waals surface area contributed by atoms with Crippen LogP contribution in [0, 0.1) is 0 Å². The normalized spacial score (nSPS) is 14.0. The Morgan fingerprint density at radius 3 is 2.40 bits per heavy atom. The highest BCUT2D eigenvalue weighted by Gasteiger charge is 2.21. The summed E-state index contributed by atoms with van der Waals surface area (Å²) in [6, 6.07) is 17.1. The van der Waals surface area contributed by atoms with Gasteiger partial charge in [0.15, 0.2) is 0 Å². The zero-order valence-corrected chi connectivity index (χ0v) is 14.6. The lowest BCUT2D eigenvalue weighted by molar-refractivity contribution is 0.0775. The number of carbonyl (C=O) groups is 2. The van der Waals surface area contributed by atoms with E-state index in [1.807, 2.05) is 23.1 Å². The van der Waals surface area contributed by atoms with E-state index in [0.717, 1.165) is 12.0 Å². The molecule has 1 heterocycles. The molecule has 0 aromatic heterocycles. The zero-order valence-electron chi connectivity index (χ0n) is 14.6. The van der Waals surface area contributed by atoms with Crippen LogP contribution in [-0.2, 0) is 0 Å². The van der Waals surface area contributed by atoms with E-state index in [2.05, 4.69) is 18.2 Å². The van der Waals surface area contributed by atoms with Gasteiger partial charge in [0.2, 0.25) is 0 Å². The average Bonchev–Trinajstić information content (AvgIpc) is 2.67. The molecule has 2 amide bonds. The molecule has 0 saturated carbocycles. The van der Waals surface area contributed by atoms with Gasteiger partial charge in [-0.2, -0.15) is 0 Å². The van der Waals surface area contributed by atoms with Crippen LogP contribution >= 0.6 is 0 Å². The number of amides is 2. The Labute approximate surface area is 148 Å². The average molecular weight is 334 g/mol. The second-order valence-electron chi connectivity index (χ2n) is 6.39. The minimum atomic E-state index is -0.0989. The Kier molecular flexibility index (Phi) is 4.98. The maximum absolute atomic E-state index is 12.9. The van der Waals surface area contributed by atoms with E-state index < -0.39 is 0 Å². The van der Waals surface area contributed by atoms with Crippen molar-refractivity contribution >= 4 is 17.4 Å². The van der Waals surface area contributed by atoms with Crippen molar-refractivity contribution < 1.29 is 9.59 Å². The van der Waals surface area contributed by atoms with E-state index in [1.165, 1.54) is 10.5 Å². The molecule has 128 valence electrons. The third-order valence-electron chi connectivity index (χ3n) is 4.35. The molecule has 2 aromatic rings. The molecule has 3 rings (SSSR count). The molecule has 4 nitrogen and oxygen atoms in total. The molecular formula is C21H22N2O2. The lowest BCUT2D eigenvalue weighted by Crippen LogP contribution is -2.35. The summed E-state index contributed by atoms with van der Waals surface area (Å²) in [4.78, 5) is 28.4. The smallest absolute Gasteiger partial charge is 0.254 e. The highest BCUT2D eigenvalue weighted by atomic mass is 16.2. The van der Waals surface area contributed by atoms with E-state index in [-0.39, 0.29) is 11.8 Å². The first-order valence-electron chi connectivity index (χ1n) is 8.41. The molecule has 2 aromatic carbocycles. The van der Waals surface area contributed by atoms with Crippen molar-refractivity contribution in [3.8, 4) is 0 Å². The first kappa shape index (κ1) is 17.0. The molecule has 25 heavy (non-hydrogen) atoms. The largest absolute Gasteiger partial charge is 0.345 e. The van der Waals surface area contributed by atoms with Crippen molar-refractivity contribution in [1.82, 2.24) is 9.80 Å². The van der Waals surface area contributed by atoms with Crippen LogP contribution < -0.4 is 0 Å². The van der Waals surface area contributed by atoms with Gasteiger partial charge in [0.1, 0.15) is 0 Å². The fourth-order valence-electron chi connectivity index (χ4n) is 3.00. The molecule has 0 saturated heterocycles. The number of hydrogen-bond acceptors (Lipinski definition) is 2. The summed E-state index contributed by atoms with van der Waals surface area (Å²) in [7, 11) is 3.41. The van der Waals surface area contributed by atoms with Gasteiger partial charge in [-0.3, -0.25) is 9.59 Å². The topological polar surface area (TPSA) is 40.6 Å². The molecule has 0 spiro atoms. The van der Waals surface area contributed by atoms with Crippen LogP contribution in [-0.4, -0.2) is 48.8 Å². The highest BCUT2D eigenvalue weighted by Crippen LogP contribution is 2.22. The van der Waals surface area contributed by atoms with Crippen LogP contribution in [0.25, 0.3) is 5.57 Å². The second kappa shape index (κ2) is 7.34. The molecule has 0 radical (unpaired) electrons. The summed E-state index contributed by atoms with van der Waals surface area (Å²) < 4.78 is 0. The van der Waals surface area contributed by atoms with E-state index in [0.29, 0.717) is 24.2 Å². The standard InChI is InChI=1S/C21H22N2O2/c1-22(2)20(24)17-10-6-11-18(14-17)21(25)23-13-7-12-19(15-23)16-8-4-3-5-9-16/h3-6,8-12,14H,7,13,15H2,1-2H3. The van der Waals surface area contributed by atoms with Crippen LogP contribution in [0.1, 0.15) is 32.7 Å². The molecule has 0 bridgehead atoms. The Morgan fingerprint density at radius 1 is 0.960 bits per heavy atom. The van der Waals surface area contributed by atoms with Gasteiger partial charge in [-0.05, 0) is 35.8 Å². The lowest BCUT2D eigenvalue weighted by Gasteiger charge is -2.28. The van der Waals surface area contributed by atoms with E-state index in [9.17, 15) is 9.59 Å². The molecule has 0 fully saturated rings. The summed E-state index contributed by atoms with van der Waals surface area (Å²) in [6.07, 6.45) is 3.04. The first-order chi connectivity index (χ1) is 12.1. The quantitative estimate of drug-likeness (QED) is 0.864. The molecule has 0 aliphatic carbocycles. The van der Waals surface area contributed by atoms with Gasteiger partial charge in [-0.15, -0.1) is 0 Å². The van der Waals surface area contributed by atoms with Crippen molar-refractivity contribution in [3.05, 3.63) is 77.4 Å². The van der Waals surface area contributed by atoms with Gasteiger partial charge in [-0.1, -0.05) is 42.5 Å². The Hall–Kier alpha value is -2.88. The fraction of sp³-hybridized carbons (Fsp3) is 0.238. The minimum Gasteiger partial charge on any atom is -0.345 e. The molecule has 0 unspecified atom stereocenters. The third-order valence-corrected chi connectivity index (χ3v) is 4.35. The summed E-state index contributed by atoms with van der Waals surface area (Å²) in [6.45, 7) is 1.29. The van der Waals surface area contributed by atoms with Gasteiger partial charge in [0.05, 0.1) is 0 Å². The number of nitrogens with zero attached hydrogens (tertiary/aromatic N) is 2. The maximum atomic E-state index is 12.9. The van der Waals surface area contributed by atoms with Gasteiger partial charge in [0, 0.05) is 38.3 Å². The van der Waals surface area contributed by atoms with Crippen LogP contribution in [0.3, 0.4) is 0 Å². The third kappa shape index (κ3) is 3.79. The van der Waals surface area contributed by atoms with Gasteiger partial charge in [-0.25, -0.2) is 0 Å². The van der Waals surface area contributed by atoms with Gasteiger partial charge < -0.3 is 9.80 Å². The molecule has 0 N–H and O–H groups in total. The predicted molar refractivity (Wildman–Crippen MR) is 99.4 cm³/mol. The maximum Gasteiger partial charge on any atom is 0.254 e. The Bertz CT molecular complexity index is 810. The molecule has 1 aliphatic heterocycles. The van der Waals surface area contributed by atoms with Crippen molar-refractivity contribution in [3.63, 3.8) is 0 Å². The second-order valence-corrected chi connectivity index (χ2v) is 6.39. The molecule has 0 atom stereocenters. The van der Waals surface area contributed by atoms with E-state index >= 15 is 0 Å². The first-order valence-corrected chi connectivity index (χ1v) is 8.41. The Morgan fingerprint density at radius 2 is 1.68 bits per heavy atom. The van der Waals surface area contributed by atoms with Gasteiger partial charge in [0.25, 0.3) is 11.8 Å². The number of rotatable bonds is 3. The van der Waals surface area contributed by atoms with Crippen molar-refractivity contribution in [2.45, 2.75) is 6.42 Å². The Balaban J connectivity index is 1.79. The predicted octanol–water partition coefficient (Wildman–Crippen LogP) is 3.32. The SMILES string of the molecule is CN(C)C(=O)c1cccc(C(=O)N2CCC=C(c3ccccc3)C2)c1. The minimum absolute atomic E-state index is 0.0325. The van der Waals surface area contributed by atoms with Crippen LogP contribution in [0.4, 0.5) is 0 Å². The molecule has 4 heteroatoms. The number of hydrogen-bond donors (Lipinski definition) is 0. The highest BCUT2D eigenvalue weighted by molar-refractivity contribution is 6.00. The lowest BCUT2D eigenvalue weighted by atomic mass is 10.0. The fourth-order valence-corrected chi connectivity index (χ4v) is 3.00. The molecule has 1 aliphatic rings. The van der Waals surface area contributed by atoms with E-state index in [4.69, 9.17) is 0 Å². The number of carbonyl (C=O) groups excluding carboxylic acids is 2. The summed E-state index contributed by atoms with van der Waals surface area (Å²) >= 11 is 0. The van der Waals surface area contributed by atoms with Crippen LogP contribution in [0.5, 0.6) is 0 Å². The monoisotopic (exact) mass is 334 g/mol. The van der Waals surface area contributed by atoms with Crippen molar-refractivity contribution in [2.75, 3.05) is 27.2 Å². The van der Waals surface area contributed by atoms with E-state index in [1.54, 1.807) is 38.4 Å². The summed E-state index contributed by atoms with van der Waals surface area (Å²) in [5.41, 5.74) is 3.41. The van der Waals surface area contributed by atoms with Gasteiger partial charge >= 0.3 is 0 Å². The van der Waals surface area contributed by atoms with Crippen molar-refractivity contribution in [2.24, 2.45) is 0 Å². The zero-order chi connectivity index (χ0) is 17.8. The molecular weight excluding hydrogens is 312 g/mol. The van der Waals surface area contributed by atoms with Crippen molar-refractivity contribution in [1.29, 1.82) is 0 Å². The van der Waals surface area contributed by atoms with Crippen LogP contribution in [0.2, 0.25) is 0 Å². The summed E-state index contributed by atoms with van der Waals surface area (Å²) in [5.74, 6) is -0.131. The number of benzene rings is 2.